The SMILES string of the molecule is C#CCOCCOCCNC(=O)CCC(CCC(=O)NCCOCCOCC#C)(CCC(=O)NCCOCCOCC#C)NC(=O)c1cccc(OP(=O)(O)CC)c1. The van der Waals surface area contributed by atoms with Crippen LogP contribution in [0.3, 0.4) is 0 Å². The van der Waals surface area contributed by atoms with Crippen LogP contribution in [0, 0.1) is 37.0 Å². The van der Waals surface area contributed by atoms with E-state index >= 15 is 0 Å². The van der Waals surface area contributed by atoms with Gasteiger partial charge in [-0.1, -0.05) is 30.8 Å². The summed E-state index contributed by atoms with van der Waals surface area (Å²) in [5.41, 5.74) is -1.16. The molecule has 0 bridgehead atoms. The summed E-state index contributed by atoms with van der Waals surface area (Å²) < 4.78 is 49.3. The first-order valence-corrected chi connectivity index (χ1v) is 20.8. The molecule has 0 aliphatic rings. The van der Waals surface area contributed by atoms with E-state index in [-0.39, 0.29) is 153 Å². The number of rotatable bonds is 35. The first-order chi connectivity index (χ1) is 28.0. The lowest BCUT2D eigenvalue weighted by Gasteiger charge is -2.35. The van der Waals surface area contributed by atoms with E-state index in [4.69, 9.17) is 52.2 Å². The second-order valence-corrected chi connectivity index (χ2v) is 14.6. The zero-order valence-corrected chi connectivity index (χ0v) is 34.3. The molecule has 0 saturated carbocycles. The van der Waals surface area contributed by atoms with E-state index in [1.54, 1.807) is 0 Å². The fourth-order valence-electron chi connectivity index (χ4n) is 4.96. The van der Waals surface area contributed by atoms with Gasteiger partial charge < -0.3 is 59.1 Å². The van der Waals surface area contributed by atoms with Crippen molar-refractivity contribution < 1.29 is 61.6 Å². The van der Waals surface area contributed by atoms with Gasteiger partial charge in [0.2, 0.25) is 17.7 Å². The number of terminal acetylenes is 3. The Balaban J connectivity index is 3.15. The molecule has 1 atom stereocenters. The highest BCUT2D eigenvalue weighted by Gasteiger charge is 2.34. The molecule has 0 aliphatic heterocycles. The number of carbonyl (C=O) groups is 4. The van der Waals surface area contributed by atoms with E-state index in [9.17, 15) is 28.6 Å². The van der Waals surface area contributed by atoms with Crippen molar-refractivity contribution in [1.82, 2.24) is 21.3 Å². The monoisotopic (exact) mass is 834 g/mol. The van der Waals surface area contributed by atoms with Crippen molar-refractivity contribution in [2.75, 3.05) is 105 Å². The van der Waals surface area contributed by atoms with Crippen LogP contribution in [0.25, 0.3) is 0 Å². The number of ether oxygens (including phenoxy) is 6. The van der Waals surface area contributed by atoms with Crippen LogP contribution in [0.1, 0.15) is 55.8 Å². The van der Waals surface area contributed by atoms with Gasteiger partial charge in [-0.3, -0.25) is 19.2 Å². The van der Waals surface area contributed by atoms with Crippen molar-refractivity contribution in [3.8, 4) is 42.8 Å². The first-order valence-electron chi connectivity index (χ1n) is 19.0. The Morgan fingerprint density at radius 3 is 1.43 bits per heavy atom. The highest BCUT2D eigenvalue weighted by atomic mass is 31.2. The van der Waals surface area contributed by atoms with Crippen LogP contribution in [0.5, 0.6) is 5.75 Å². The van der Waals surface area contributed by atoms with Gasteiger partial charge in [0.05, 0.1) is 65.6 Å². The molecule has 0 radical (unpaired) electrons. The van der Waals surface area contributed by atoms with Crippen LogP contribution >= 0.6 is 7.60 Å². The Bertz CT molecular complexity index is 1430. The number of nitrogens with one attached hydrogen (secondary N) is 4. The Hall–Kier alpha value is -4.47. The molecule has 1 unspecified atom stereocenters. The summed E-state index contributed by atoms with van der Waals surface area (Å²) in [5.74, 6) is 5.42. The number of hydrogen-bond acceptors (Lipinski definition) is 12. The molecule has 0 aromatic heterocycles. The highest BCUT2D eigenvalue weighted by molar-refractivity contribution is 7.53. The van der Waals surface area contributed by atoms with Crippen molar-refractivity contribution >= 4 is 31.2 Å². The maximum Gasteiger partial charge on any atom is 0.376 e. The third-order valence-corrected chi connectivity index (χ3v) is 9.29. The normalized spacial score (nSPS) is 11.9. The third-order valence-electron chi connectivity index (χ3n) is 7.99. The lowest BCUT2D eigenvalue weighted by molar-refractivity contribution is -0.121. The van der Waals surface area contributed by atoms with Crippen molar-refractivity contribution in [3.63, 3.8) is 0 Å². The summed E-state index contributed by atoms with van der Waals surface area (Å²) in [6, 6.07) is 5.74. The molecule has 0 spiro atoms. The van der Waals surface area contributed by atoms with Crippen LogP contribution in [0.4, 0.5) is 0 Å². The minimum Gasteiger partial charge on any atom is -0.424 e. The fraction of sp³-hybridized carbons (Fsp3) is 0.600. The summed E-state index contributed by atoms with van der Waals surface area (Å²) in [4.78, 5) is 63.1. The Labute approximate surface area is 342 Å². The Kier molecular flexibility index (Phi) is 28.9. The molecule has 17 nitrogen and oxygen atoms in total. The zero-order chi connectivity index (χ0) is 42.7. The maximum atomic E-state index is 13.9. The van der Waals surface area contributed by atoms with Crippen molar-refractivity contribution in [2.24, 2.45) is 0 Å². The summed E-state index contributed by atoms with van der Waals surface area (Å²) in [7, 11) is -3.95. The smallest absolute Gasteiger partial charge is 0.376 e. The van der Waals surface area contributed by atoms with Crippen molar-refractivity contribution in [1.29, 1.82) is 0 Å². The molecule has 5 N–H and O–H groups in total. The van der Waals surface area contributed by atoms with Gasteiger partial charge in [0.1, 0.15) is 25.6 Å². The van der Waals surface area contributed by atoms with E-state index in [0.29, 0.717) is 19.8 Å². The van der Waals surface area contributed by atoms with Gasteiger partial charge >= 0.3 is 7.60 Å². The Morgan fingerprint density at radius 2 is 1.05 bits per heavy atom. The number of carbonyl (C=O) groups excluding carboxylic acids is 4. The molecular formula is C40H59N4O13P. The second kappa shape index (κ2) is 32.5. The van der Waals surface area contributed by atoms with Crippen LogP contribution in [-0.2, 0) is 47.4 Å². The zero-order valence-electron chi connectivity index (χ0n) is 33.4. The molecule has 0 aliphatic carbocycles. The standard InChI is InChI=1S/C40H59N4O13P/c1-5-21-51-27-30-54-24-18-41-36(45)12-15-40(16-13-37(46)42-19-25-55-31-28-52-22-6-2,17-14-38(47)43-20-26-56-32-29-53-23-7-3)44-39(48)34-10-9-11-35(33-34)57-58(49,50)8-4/h1-3,9-11,33H,8,12-32H2,4H3,(H,41,45)(H,42,46)(H,43,47)(H,44,48)(H,49,50). The number of amides is 4. The van der Waals surface area contributed by atoms with E-state index in [1.165, 1.54) is 31.2 Å². The average Bonchev–Trinajstić information content (AvgIpc) is 3.21. The molecule has 58 heavy (non-hydrogen) atoms. The van der Waals surface area contributed by atoms with E-state index < -0.39 is 19.0 Å². The summed E-state index contributed by atoms with van der Waals surface area (Å²) in [5, 5.41) is 11.3. The average molecular weight is 835 g/mol. The molecule has 0 saturated heterocycles. The predicted molar refractivity (Wildman–Crippen MR) is 216 cm³/mol. The van der Waals surface area contributed by atoms with Gasteiger partial charge in [0.15, 0.2) is 0 Å². The quantitative estimate of drug-likeness (QED) is 0.0372. The lowest BCUT2D eigenvalue weighted by Crippen LogP contribution is -2.50. The predicted octanol–water partition coefficient (Wildman–Crippen LogP) is 1.43. The largest absolute Gasteiger partial charge is 0.424 e. The van der Waals surface area contributed by atoms with E-state index in [1.807, 2.05) is 0 Å². The van der Waals surface area contributed by atoms with E-state index in [0.717, 1.165) is 0 Å². The van der Waals surface area contributed by atoms with Crippen LogP contribution in [0.15, 0.2) is 24.3 Å². The topological polar surface area (TPSA) is 218 Å². The van der Waals surface area contributed by atoms with Crippen LogP contribution in [-0.4, -0.2) is 139 Å². The van der Waals surface area contributed by atoms with Gasteiger partial charge in [-0.05, 0) is 37.5 Å². The molecule has 1 aromatic rings. The minimum absolute atomic E-state index is 0.00329. The first kappa shape index (κ1) is 51.5. The Morgan fingerprint density at radius 1 is 0.655 bits per heavy atom. The van der Waals surface area contributed by atoms with E-state index in [2.05, 4.69) is 39.0 Å². The summed E-state index contributed by atoms with van der Waals surface area (Å²) in [6.45, 7) is 5.03. The van der Waals surface area contributed by atoms with Gasteiger partial charge in [0.25, 0.3) is 5.91 Å². The third kappa shape index (κ3) is 26.4. The molecule has 1 rings (SSSR count). The maximum absolute atomic E-state index is 13.9. The highest BCUT2D eigenvalue weighted by Crippen LogP contribution is 2.42. The molecular weight excluding hydrogens is 775 g/mol. The fourth-order valence-corrected chi connectivity index (χ4v) is 5.54. The van der Waals surface area contributed by atoms with Crippen LogP contribution < -0.4 is 25.8 Å². The summed E-state index contributed by atoms with van der Waals surface area (Å²) in [6.07, 6.45) is 15.2. The second-order valence-electron chi connectivity index (χ2n) is 12.5. The lowest BCUT2D eigenvalue weighted by atomic mass is 9.82. The minimum atomic E-state index is -3.95. The molecule has 0 heterocycles. The van der Waals surface area contributed by atoms with Gasteiger partial charge in [0, 0.05) is 50.0 Å². The van der Waals surface area contributed by atoms with Gasteiger partial charge in [-0.2, -0.15) is 0 Å². The van der Waals surface area contributed by atoms with Crippen molar-refractivity contribution in [3.05, 3.63) is 29.8 Å². The molecule has 18 heteroatoms. The van der Waals surface area contributed by atoms with Gasteiger partial charge in [-0.25, -0.2) is 4.57 Å². The molecule has 1 aromatic carbocycles. The summed E-state index contributed by atoms with van der Waals surface area (Å²) >= 11 is 0. The molecule has 322 valence electrons. The van der Waals surface area contributed by atoms with Gasteiger partial charge in [-0.15, -0.1) is 19.3 Å². The van der Waals surface area contributed by atoms with Crippen molar-refractivity contribution in [2.45, 2.75) is 51.0 Å². The molecule has 4 amide bonds. The molecule has 0 fully saturated rings. The number of hydrogen-bond donors (Lipinski definition) is 5. The van der Waals surface area contributed by atoms with Crippen LogP contribution in [0.2, 0.25) is 0 Å². The number of benzene rings is 1.